The molecule has 0 spiro atoms. The molecule has 1 saturated heterocycles. The number of hydrogen-bond donors (Lipinski definition) is 1. The molecule has 1 unspecified atom stereocenters. The zero-order valence-corrected chi connectivity index (χ0v) is 18.2. The standard InChI is InChI=1S/C18H16ClN3O4S3/c1-2-9-22-17(24)14(11-15(23)20-13-7-5-12(19)6-8-13)28-18(22)21-29(25,26)16-4-3-10-27-16/h2-8,10,14H,1,9,11H2,(H,20,23). The normalized spacial score (nSPS) is 18.2. The average molecular weight is 470 g/mol. The lowest BCUT2D eigenvalue weighted by Crippen LogP contribution is -2.33. The number of anilines is 1. The molecule has 0 bridgehead atoms. The van der Waals surface area contributed by atoms with Crippen molar-refractivity contribution in [3.63, 3.8) is 0 Å². The number of amidine groups is 1. The van der Waals surface area contributed by atoms with Gasteiger partial charge in [-0.15, -0.1) is 22.3 Å². The summed E-state index contributed by atoms with van der Waals surface area (Å²) in [6.45, 7) is 3.69. The molecule has 152 valence electrons. The lowest BCUT2D eigenvalue weighted by atomic mass is 10.2. The van der Waals surface area contributed by atoms with Crippen LogP contribution in [0.1, 0.15) is 6.42 Å². The van der Waals surface area contributed by atoms with Crippen LogP contribution >= 0.6 is 34.7 Å². The number of thioether (sulfide) groups is 1. The molecule has 0 saturated carbocycles. The fraction of sp³-hybridized carbons (Fsp3) is 0.167. The Bertz CT molecular complexity index is 1050. The Morgan fingerprint density at radius 1 is 1.31 bits per heavy atom. The van der Waals surface area contributed by atoms with Gasteiger partial charge in [0.1, 0.15) is 9.46 Å². The minimum absolute atomic E-state index is 0.0348. The van der Waals surface area contributed by atoms with Crippen molar-refractivity contribution < 1.29 is 18.0 Å². The first kappa shape index (κ1) is 21.6. The van der Waals surface area contributed by atoms with E-state index in [1.54, 1.807) is 35.7 Å². The van der Waals surface area contributed by atoms with Crippen LogP contribution in [0.2, 0.25) is 5.02 Å². The van der Waals surface area contributed by atoms with Gasteiger partial charge in [0.15, 0.2) is 5.17 Å². The zero-order valence-electron chi connectivity index (χ0n) is 14.9. The highest BCUT2D eigenvalue weighted by atomic mass is 35.5. The minimum Gasteiger partial charge on any atom is -0.326 e. The zero-order chi connectivity index (χ0) is 21.0. The van der Waals surface area contributed by atoms with E-state index >= 15 is 0 Å². The first-order chi connectivity index (χ1) is 13.8. The van der Waals surface area contributed by atoms with Crippen molar-refractivity contribution in [2.24, 2.45) is 4.40 Å². The maximum absolute atomic E-state index is 12.7. The van der Waals surface area contributed by atoms with Crippen LogP contribution in [0.5, 0.6) is 0 Å². The van der Waals surface area contributed by atoms with E-state index in [4.69, 9.17) is 11.6 Å². The van der Waals surface area contributed by atoms with E-state index in [-0.39, 0.29) is 34.2 Å². The minimum atomic E-state index is -3.94. The number of thiophene rings is 1. The van der Waals surface area contributed by atoms with Crippen molar-refractivity contribution >= 4 is 67.4 Å². The molecule has 2 amide bonds. The summed E-state index contributed by atoms with van der Waals surface area (Å²) >= 11 is 7.82. The molecule has 0 radical (unpaired) electrons. The summed E-state index contributed by atoms with van der Waals surface area (Å²) in [6, 6.07) is 9.62. The fourth-order valence-corrected chi connectivity index (χ4v) is 5.94. The van der Waals surface area contributed by atoms with Gasteiger partial charge in [0.2, 0.25) is 11.8 Å². The number of sulfonamides is 1. The molecular weight excluding hydrogens is 454 g/mol. The molecule has 1 aromatic carbocycles. The van der Waals surface area contributed by atoms with Gasteiger partial charge in [-0.3, -0.25) is 14.5 Å². The molecule has 2 heterocycles. The van der Waals surface area contributed by atoms with Crippen molar-refractivity contribution in [3.05, 3.63) is 59.5 Å². The summed E-state index contributed by atoms with van der Waals surface area (Å²) in [7, 11) is -3.94. The van der Waals surface area contributed by atoms with E-state index in [9.17, 15) is 18.0 Å². The molecule has 0 aliphatic carbocycles. The predicted octanol–water partition coefficient (Wildman–Crippen LogP) is 3.61. The lowest BCUT2D eigenvalue weighted by molar-refractivity contribution is -0.127. The highest BCUT2D eigenvalue weighted by Gasteiger charge is 2.39. The molecular formula is C18H16ClN3O4S3. The van der Waals surface area contributed by atoms with Gasteiger partial charge in [0.05, 0.1) is 0 Å². The van der Waals surface area contributed by atoms with Crippen molar-refractivity contribution in [2.75, 3.05) is 11.9 Å². The second-order valence-corrected chi connectivity index (χ2v) is 10.3. The third-order valence-corrected chi connectivity index (χ3v) is 7.96. The first-order valence-corrected chi connectivity index (χ1v) is 11.9. The van der Waals surface area contributed by atoms with E-state index in [0.717, 1.165) is 23.1 Å². The Hall–Kier alpha value is -2.14. The van der Waals surface area contributed by atoms with Gasteiger partial charge in [0, 0.05) is 23.7 Å². The summed E-state index contributed by atoms with van der Waals surface area (Å²) in [5, 5.41) is 4.12. The van der Waals surface area contributed by atoms with E-state index in [0.29, 0.717) is 10.7 Å². The SMILES string of the molecule is C=CCN1C(=O)C(CC(=O)Nc2ccc(Cl)cc2)SC1=NS(=O)(=O)c1cccs1. The molecule has 1 aromatic heterocycles. The van der Waals surface area contributed by atoms with Crippen molar-refractivity contribution in [1.82, 2.24) is 4.90 Å². The summed E-state index contributed by atoms with van der Waals surface area (Å²) < 4.78 is 28.8. The van der Waals surface area contributed by atoms with Gasteiger partial charge in [0.25, 0.3) is 10.0 Å². The number of amides is 2. The average Bonchev–Trinajstić information content (AvgIpc) is 3.29. The van der Waals surface area contributed by atoms with Crippen molar-refractivity contribution in [1.29, 1.82) is 0 Å². The molecule has 1 aliphatic rings. The maximum Gasteiger partial charge on any atom is 0.294 e. The Balaban J connectivity index is 1.76. The summed E-state index contributed by atoms with van der Waals surface area (Å²) in [5.41, 5.74) is 0.548. The Morgan fingerprint density at radius 2 is 2.03 bits per heavy atom. The van der Waals surface area contributed by atoms with E-state index < -0.39 is 15.3 Å². The topological polar surface area (TPSA) is 95.9 Å². The number of benzene rings is 1. The molecule has 1 atom stereocenters. The molecule has 1 aliphatic heterocycles. The molecule has 1 fully saturated rings. The van der Waals surface area contributed by atoms with Crippen LogP contribution in [0.4, 0.5) is 5.69 Å². The van der Waals surface area contributed by atoms with Gasteiger partial charge in [-0.1, -0.05) is 35.5 Å². The molecule has 2 aromatic rings. The van der Waals surface area contributed by atoms with Gasteiger partial charge >= 0.3 is 0 Å². The van der Waals surface area contributed by atoms with Gasteiger partial charge in [-0.05, 0) is 35.7 Å². The van der Waals surface area contributed by atoms with Gasteiger partial charge < -0.3 is 5.32 Å². The summed E-state index contributed by atoms with van der Waals surface area (Å²) in [6.07, 6.45) is 1.35. The van der Waals surface area contributed by atoms with Crippen LogP contribution in [0.3, 0.4) is 0 Å². The summed E-state index contributed by atoms with van der Waals surface area (Å²) in [4.78, 5) is 26.3. The quantitative estimate of drug-likeness (QED) is 0.625. The predicted molar refractivity (Wildman–Crippen MR) is 117 cm³/mol. The highest BCUT2D eigenvalue weighted by molar-refractivity contribution is 8.16. The number of nitrogens with one attached hydrogen (secondary N) is 1. The number of hydrogen-bond acceptors (Lipinski definition) is 6. The molecule has 7 nitrogen and oxygen atoms in total. The van der Waals surface area contributed by atoms with Crippen LogP contribution in [0, 0.1) is 0 Å². The van der Waals surface area contributed by atoms with Crippen LogP contribution in [0.25, 0.3) is 0 Å². The van der Waals surface area contributed by atoms with E-state index in [1.165, 1.54) is 17.0 Å². The van der Waals surface area contributed by atoms with E-state index in [2.05, 4.69) is 16.3 Å². The van der Waals surface area contributed by atoms with Crippen LogP contribution in [-0.2, 0) is 19.6 Å². The Labute approximate surface area is 181 Å². The number of carbonyl (C=O) groups is 2. The Morgan fingerprint density at radius 3 is 2.66 bits per heavy atom. The fourth-order valence-electron chi connectivity index (χ4n) is 2.48. The number of rotatable bonds is 7. The molecule has 1 N–H and O–H groups in total. The second kappa shape index (κ2) is 9.12. The van der Waals surface area contributed by atoms with Crippen LogP contribution in [-0.4, -0.2) is 42.1 Å². The van der Waals surface area contributed by atoms with Crippen LogP contribution in [0.15, 0.2) is 63.0 Å². The first-order valence-electron chi connectivity index (χ1n) is 8.33. The number of nitrogens with zero attached hydrogens (tertiary/aromatic N) is 2. The monoisotopic (exact) mass is 469 g/mol. The van der Waals surface area contributed by atoms with Crippen LogP contribution < -0.4 is 5.32 Å². The molecule has 29 heavy (non-hydrogen) atoms. The number of carbonyl (C=O) groups excluding carboxylic acids is 2. The molecule has 3 rings (SSSR count). The lowest BCUT2D eigenvalue weighted by Gasteiger charge is -2.13. The van der Waals surface area contributed by atoms with Gasteiger partial charge in [-0.25, -0.2) is 0 Å². The third-order valence-electron chi connectivity index (χ3n) is 3.78. The second-order valence-electron chi connectivity index (χ2n) is 5.88. The van der Waals surface area contributed by atoms with E-state index in [1.807, 2.05) is 0 Å². The highest BCUT2D eigenvalue weighted by Crippen LogP contribution is 2.32. The van der Waals surface area contributed by atoms with Crippen molar-refractivity contribution in [2.45, 2.75) is 15.9 Å². The number of halogens is 1. The van der Waals surface area contributed by atoms with Crippen molar-refractivity contribution in [3.8, 4) is 0 Å². The van der Waals surface area contributed by atoms with Gasteiger partial charge in [-0.2, -0.15) is 8.42 Å². The smallest absolute Gasteiger partial charge is 0.294 e. The maximum atomic E-state index is 12.7. The molecule has 11 heteroatoms. The largest absolute Gasteiger partial charge is 0.326 e. The summed E-state index contributed by atoms with van der Waals surface area (Å²) in [5.74, 6) is -0.764. The third kappa shape index (κ3) is 5.27. The Kier molecular flexibility index (Phi) is 6.78.